The summed E-state index contributed by atoms with van der Waals surface area (Å²) < 4.78 is 0. The van der Waals surface area contributed by atoms with Gasteiger partial charge in [-0.1, -0.05) is 25.3 Å². The van der Waals surface area contributed by atoms with Gasteiger partial charge in [-0.05, 0) is 36.6 Å². The fourth-order valence-corrected chi connectivity index (χ4v) is 2.68. The van der Waals surface area contributed by atoms with Gasteiger partial charge in [0.2, 0.25) is 0 Å². The molecule has 1 saturated heterocycles. The molecule has 110 valence electrons. The van der Waals surface area contributed by atoms with Crippen molar-refractivity contribution in [1.29, 1.82) is 5.26 Å². The van der Waals surface area contributed by atoms with E-state index < -0.39 is 5.97 Å². The standard InChI is InChI=1S/C17H20N2O2/c18-13-15-12-14(7-9-17(20)21)6-8-16(15)19-10-4-2-1-3-5-11-19/h6-9,12H,1-5,10-11H2,(H,20,21)/b9-7+. The number of rotatable bonds is 3. The van der Waals surface area contributed by atoms with E-state index in [9.17, 15) is 10.1 Å². The zero-order valence-electron chi connectivity index (χ0n) is 12.1. The molecule has 0 aliphatic carbocycles. The molecule has 0 bridgehead atoms. The molecule has 1 aromatic rings. The second-order valence-electron chi connectivity index (χ2n) is 5.31. The number of aliphatic carboxylic acids is 1. The smallest absolute Gasteiger partial charge is 0.328 e. The first kappa shape index (κ1) is 15.1. The fourth-order valence-electron chi connectivity index (χ4n) is 2.68. The molecule has 1 aliphatic heterocycles. The van der Waals surface area contributed by atoms with Gasteiger partial charge in [0.15, 0.2) is 0 Å². The number of carbonyl (C=O) groups is 1. The zero-order valence-corrected chi connectivity index (χ0v) is 12.1. The summed E-state index contributed by atoms with van der Waals surface area (Å²) in [5.74, 6) is -0.985. The van der Waals surface area contributed by atoms with Crippen molar-refractivity contribution >= 4 is 17.7 Å². The van der Waals surface area contributed by atoms with E-state index in [1.807, 2.05) is 12.1 Å². The van der Waals surface area contributed by atoms with Gasteiger partial charge in [0.25, 0.3) is 0 Å². The second kappa shape index (κ2) is 7.49. The molecule has 1 aromatic carbocycles. The molecule has 1 aliphatic rings. The highest BCUT2D eigenvalue weighted by Crippen LogP contribution is 2.24. The number of carboxylic acids is 1. The van der Waals surface area contributed by atoms with E-state index in [-0.39, 0.29) is 0 Å². The van der Waals surface area contributed by atoms with Gasteiger partial charge in [-0.2, -0.15) is 5.26 Å². The maximum absolute atomic E-state index is 10.6. The maximum Gasteiger partial charge on any atom is 0.328 e. The van der Waals surface area contributed by atoms with E-state index in [1.54, 1.807) is 6.07 Å². The van der Waals surface area contributed by atoms with Crippen LogP contribution in [0.15, 0.2) is 24.3 Å². The lowest BCUT2D eigenvalue weighted by atomic mass is 10.0. The molecule has 1 fully saturated rings. The number of nitriles is 1. The van der Waals surface area contributed by atoms with E-state index in [0.717, 1.165) is 43.3 Å². The van der Waals surface area contributed by atoms with Crippen molar-refractivity contribution < 1.29 is 9.90 Å². The number of hydrogen-bond donors (Lipinski definition) is 1. The lowest BCUT2D eigenvalue weighted by Gasteiger charge is -2.27. The Morgan fingerprint density at radius 2 is 1.86 bits per heavy atom. The summed E-state index contributed by atoms with van der Waals surface area (Å²) in [5, 5.41) is 18.0. The van der Waals surface area contributed by atoms with Crippen LogP contribution in [0.2, 0.25) is 0 Å². The SMILES string of the molecule is N#Cc1cc(/C=C/C(=O)O)ccc1N1CCCCCCC1. The summed E-state index contributed by atoms with van der Waals surface area (Å²) >= 11 is 0. The summed E-state index contributed by atoms with van der Waals surface area (Å²) in [5.41, 5.74) is 2.32. The molecule has 0 radical (unpaired) electrons. The largest absolute Gasteiger partial charge is 0.478 e. The van der Waals surface area contributed by atoms with E-state index in [2.05, 4.69) is 11.0 Å². The van der Waals surface area contributed by atoms with Crippen LogP contribution in [0.25, 0.3) is 6.08 Å². The predicted octanol–water partition coefficient (Wildman–Crippen LogP) is 3.43. The van der Waals surface area contributed by atoms with Gasteiger partial charge in [-0.15, -0.1) is 0 Å². The predicted molar refractivity (Wildman–Crippen MR) is 83.1 cm³/mol. The summed E-state index contributed by atoms with van der Waals surface area (Å²) in [7, 11) is 0. The third kappa shape index (κ3) is 4.35. The molecule has 2 rings (SSSR count). The lowest BCUT2D eigenvalue weighted by Crippen LogP contribution is -2.27. The van der Waals surface area contributed by atoms with Crippen LogP contribution >= 0.6 is 0 Å². The molecule has 0 aromatic heterocycles. The molecule has 0 spiro atoms. The number of hydrogen-bond acceptors (Lipinski definition) is 3. The second-order valence-corrected chi connectivity index (χ2v) is 5.31. The highest BCUT2D eigenvalue weighted by molar-refractivity contribution is 5.85. The minimum atomic E-state index is -0.985. The first-order chi connectivity index (χ1) is 10.2. The van der Waals surface area contributed by atoms with E-state index in [0.29, 0.717) is 5.56 Å². The minimum absolute atomic E-state index is 0.614. The van der Waals surface area contributed by atoms with Crippen molar-refractivity contribution in [3.8, 4) is 6.07 Å². The van der Waals surface area contributed by atoms with Crippen LogP contribution in [0.1, 0.15) is 43.2 Å². The van der Waals surface area contributed by atoms with Crippen LogP contribution in [0.4, 0.5) is 5.69 Å². The number of carboxylic acid groups (broad SMARTS) is 1. The molecule has 1 heterocycles. The summed E-state index contributed by atoms with van der Waals surface area (Å²) in [4.78, 5) is 12.8. The molecule has 0 saturated carbocycles. The summed E-state index contributed by atoms with van der Waals surface area (Å²) in [6.45, 7) is 1.97. The molecule has 1 N–H and O–H groups in total. The minimum Gasteiger partial charge on any atom is -0.478 e. The third-order valence-corrected chi connectivity index (χ3v) is 3.76. The maximum atomic E-state index is 10.6. The number of anilines is 1. The average molecular weight is 284 g/mol. The lowest BCUT2D eigenvalue weighted by molar-refractivity contribution is -0.131. The Morgan fingerprint density at radius 1 is 1.19 bits per heavy atom. The van der Waals surface area contributed by atoms with Crippen LogP contribution < -0.4 is 4.90 Å². The quantitative estimate of drug-likeness (QED) is 0.864. The molecule has 21 heavy (non-hydrogen) atoms. The van der Waals surface area contributed by atoms with Crippen molar-refractivity contribution in [1.82, 2.24) is 0 Å². The van der Waals surface area contributed by atoms with Crippen LogP contribution in [-0.4, -0.2) is 24.2 Å². The molecule has 0 atom stereocenters. The highest BCUT2D eigenvalue weighted by atomic mass is 16.4. The van der Waals surface area contributed by atoms with Crippen molar-refractivity contribution in [3.63, 3.8) is 0 Å². The average Bonchev–Trinajstić information content (AvgIpc) is 2.45. The summed E-state index contributed by atoms with van der Waals surface area (Å²) in [6, 6.07) is 7.79. The van der Waals surface area contributed by atoms with Gasteiger partial charge in [-0.25, -0.2) is 4.79 Å². The topological polar surface area (TPSA) is 64.3 Å². The van der Waals surface area contributed by atoms with Gasteiger partial charge in [-0.3, -0.25) is 0 Å². The molecular weight excluding hydrogens is 264 g/mol. The Morgan fingerprint density at radius 3 is 2.48 bits per heavy atom. The number of benzene rings is 1. The van der Waals surface area contributed by atoms with Gasteiger partial charge >= 0.3 is 5.97 Å². The van der Waals surface area contributed by atoms with Gasteiger partial charge in [0.05, 0.1) is 11.3 Å². The van der Waals surface area contributed by atoms with E-state index in [1.165, 1.54) is 25.3 Å². The fraction of sp³-hybridized carbons (Fsp3) is 0.412. The van der Waals surface area contributed by atoms with Crippen LogP contribution in [0, 0.1) is 11.3 Å². The van der Waals surface area contributed by atoms with Crippen LogP contribution in [-0.2, 0) is 4.79 Å². The molecule has 4 heteroatoms. The number of nitrogens with zero attached hydrogens (tertiary/aromatic N) is 2. The Bertz CT molecular complexity index is 565. The van der Waals surface area contributed by atoms with Crippen molar-refractivity contribution in [2.24, 2.45) is 0 Å². The van der Waals surface area contributed by atoms with Gasteiger partial charge in [0, 0.05) is 19.2 Å². The first-order valence-electron chi connectivity index (χ1n) is 7.41. The Kier molecular flexibility index (Phi) is 5.39. The molecule has 0 unspecified atom stereocenters. The molecular formula is C17H20N2O2. The molecule has 4 nitrogen and oxygen atoms in total. The van der Waals surface area contributed by atoms with E-state index in [4.69, 9.17) is 5.11 Å². The Labute approximate surface area is 125 Å². The normalized spacial score (nSPS) is 16.2. The Balaban J connectivity index is 2.22. The van der Waals surface area contributed by atoms with Crippen molar-refractivity contribution in [3.05, 3.63) is 35.4 Å². The highest BCUT2D eigenvalue weighted by Gasteiger charge is 2.13. The monoisotopic (exact) mass is 284 g/mol. The van der Waals surface area contributed by atoms with Crippen molar-refractivity contribution in [2.45, 2.75) is 32.1 Å². The summed E-state index contributed by atoms with van der Waals surface area (Å²) in [6.07, 6.45) is 8.72. The molecule has 0 amide bonds. The third-order valence-electron chi connectivity index (χ3n) is 3.76. The van der Waals surface area contributed by atoms with Gasteiger partial charge in [0.1, 0.15) is 6.07 Å². The van der Waals surface area contributed by atoms with Crippen LogP contribution in [0.3, 0.4) is 0 Å². The van der Waals surface area contributed by atoms with Gasteiger partial charge < -0.3 is 10.0 Å². The van der Waals surface area contributed by atoms with Crippen LogP contribution in [0.5, 0.6) is 0 Å². The first-order valence-corrected chi connectivity index (χ1v) is 7.41. The zero-order chi connectivity index (χ0) is 15.1. The Hall–Kier alpha value is -2.28. The van der Waals surface area contributed by atoms with Crippen molar-refractivity contribution in [2.75, 3.05) is 18.0 Å². The van der Waals surface area contributed by atoms with E-state index >= 15 is 0 Å².